The number of carbonyl (C=O) groups excluding carboxylic acids is 1. The maximum atomic E-state index is 12.6. The van der Waals surface area contributed by atoms with Crippen LogP contribution in [-0.4, -0.2) is 41.8 Å². The van der Waals surface area contributed by atoms with Crippen molar-refractivity contribution >= 4 is 11.7 Å². The van der Waals surface area contributed by atoms with Crippen LogP contribution in [0, 0.1) is 5.41 Å². The summed E-state index contributed by atoms with van der Waals surface area (Å²) in [5.41, 5.74) is 1.54. The predicted octanol–water partition coefficient (Wildman–Crippen LogP) is 3.11. The van der Waals surface area contributed by atoms with E-state index in [1.807, 2.05) is 39.7 Å². The Labute approximate surface area is 169 Å². The van der Waals surface area contributed by atoms with E-state index in [1.54, 1.807) is 12.5 Å². The van der Waals surface area contributed by atoms with Crippen LogP contribution in [0.2, 0.25) is 0 Å². The first-order valence-corrected chi connectivity index (χ1v) is 9.82. The van der Waals surface area contributed by atoms with Crippen LogP contribution in [0.5, 0.6) is 0 Å². The van der Waals surface area contributed by atoms with Gasteiger partial charge in [0.2, 0.25) is 0 Å². The minimum atomic E-state index is -0.236. The Bertz CT molecular complexity index is 951. The van der Waals surface area contributed by atoms with E-state index >= 15 is 0 Å². The van der Waals surface area contributed by atoms with Crippen LogP contribution in [0.4, 0.5) is 10.5 Å². The van der Waals surface area contributed by atoms with E-state index in [1.165, 1.54) is 0 Å². The lowest BCUT2D eigenvalue weighted by atomic mass is 9.86. The van der Waals surface area contributed by atoms with Crippen molar-refractivity contribution in [1.82, 2.24) is 35.1 Å². The van der Waals surface area contributed by atoms with Crippen molar-refractivity contribution in [2.45, 2.75) is 52.2 Å². The lowest BCUT2D eigenvalue weighted by molar-refractivity contribution is 0.219. The van der Waals surface area contributed by atoms with Gasteiger partial charge in [-0.1, -0.05) is 20.8 Å². The number of tetrazole rings is 1. The maximum Gasteiger partial charge on any atom is 0.319 e. The third-order valence-corrected chi connectivity index (χ3v) is 5.09. The number of carbonyl (C=O) groups is 1. The molecule has 152 valence electrons. The van der Waals surface area contributed by atoms with Gasteiger partial charge in [0, 0.05) is 30.2 Å². The fourth-order valence-corrected chi connectivity index (χ4v) is 3.12. The van der Waals surface area contributed by atoms with Gasteiger partial charge in [0.05, 0.1) is 18.4 Å². The number of hydrogen-bond acceptors (Lipinski definition) is 5. The Kier molecular flexibility index (Phi) is 5.04. The summed E-state index contributed by atoms with van der Waals surface area (Å²) >= 11 is 0. The molecule has 0 aliphatic heterocycles. The highest BCUT2D eigenvalue weighted by Gasteiger charge is 2.28. The van der Waals surface area contributed by atoms with Gasteiger partial charge in [-0.15, -0.1) is 5.10 Å². The number of imidazole rings is 1. The number of urea groups is 1. The standard InChI is InChI=1S/C20H26N8O/c1-20(2,3)17(12-27-11-10-21-13-27)23-19(29)22-15-6-4-14(5-7-15)18-24-25-26-28(18)16-8-9-16/h4-7,10-11,13,16-17H,8-9,12H2,1-3H3,(H2,22,23,29)/t17-/m0/s1. The Morgan fingerprint density at radius 2 is 2.00 bits per heavy atom. The van der Waals surface area contributed by atoms with E-state index in [0.717, 1.165) is 24.2 Å². The van der Waals surface area contributed by atoms with Gasteiger partial charge in [-0.25, -0.2) is 14.5 Å². The normalized spacial score (nSPS) is 15.1. The number of anilines is 1. The highest BCUT2D eigenvalue weighted by molar-refractivity contribution is 5.89. The third kappa shape index (κ3) is 4.61. The molecule has 4 rings (SSSR count). The molecule has 9 nitrogen and oxygen atoms in total. The molecule has 2 aromatic heterocycles. The van der Waals surface area contributed by atoms with Crippen LogP contribution >= 0.6 is 0 Å². The molecule has 0 unspecified atom stereocenters. The molecule has 3 aromatic rings. The summed E-state index contributed by atoms with van der Waals surface area (Å²) in [4.78, 5) is 16.7. The zero-order chi connectivity index (χ0) is 20.4. The van der Waals surface area contributed by atoms with E-state index in [-0.39, 0.29) is 17.5 Å². The fraction of sp³-hybridized carbons (Fsp3) is 0.450. The number of rotatable bonds is 6. The second-order valence-corrected chi connectivity index (χ2v) is 8.53. The van der Waals surface area contributed by atoms with E-state index in [2.05, 4.69) is 51.9 Å². The number of hydrogen-bond donors (Lipinski definition) is 2. The molecule has 2 amide bonds. The van der Waals surface area contributed by atoms with Crippen LogP contribution in [0.15, 0.2) is 43.0 Å². The molecule has 1 aliphatic carbocycles. The van der Waals surface area contributed by atoms with E-state index in [9.17, 15) is 4.79 Å². The van der Waals surface area contributed by atoms with E-state index < -0.39 is 0 Å². The summed E-state index contributed by atoms with van der Waals surface area (Å²) in [6.45, 7) is 6.97. The molecule has 1 atom stereocenters. The first-order chi connectivity index (χ1) is 13.9. The van der Waals surface area contributed by atoms with Gasteiger partial charge >= 0.3 is 6.03 Å². The molecule has 1 fully saturated rings. The molecule has 1 aliphatic rings. The number of aromatic nitrogens is 6. The summed E-state index contributed by atoms with van der Waals surface area (Å²) in [5.74, 6) is 0.761. The number of benzene rings is 1. The number of nitrogens with zero attached hydrogens (tertiary/aromatic N) is 6. The second kappa shape index (κ2) is 7.65. The minimum Gasteiger partial charge on any atom is -0.335 e. The summed E-state index contributed by atoms with van der Waals surface area (Å²) in [7, 11) is 0. The van der Waals surface area contributed by atoms with Crippen molar-refractivity contribution in [1.29, 1.82) is 0 Å². The molecular weight excluding hydrogens is 368 g/mol. The molecule has 2 N–H and O–H groups in total. The molecule has 1 saturated carbocycles. The molecule has 1 aromatic carbocycles. The Morgan fingerprint density at radius 1 is 1.24 bits per heavy atom. The van der Waals surface area contributed by atoms with Crippen molar-refractivity contribution < 1.29 is 4.79 Å². The number of nitrogens with one attached hydrogen (secondary N) is 2. The topological polar surface area (TPSA) is 103 Å². The van der Waals surface area contributed by atoms with Gasteiger partial charge in [-0.2, -0.15) is 0 Å². The zero-order valence-corrected chi connectivity index (χ0v) is 16.9. The first-order valence-electron chi connectivity index (χ1n) is 9.82. The van der Waals surface area contributed by atoms with Crippen molar-refractivity contribution in [3.63, 3.8) is 0 Å². The molecule has 29 heavy (non-hydrogen) atoms. The SMILES string of the molecule is CC(C)(C)[C@H](Cn1ccnc1)NC(=O)Nc1ccc(-c2nnnn2C2CC2)cc1. The quantitative estimate of drug-likeness (QED) is 0.669. The van der Waals surface area contributed by atoms with Crippen LogP contribution in [0.25, 0.3) is 11.4 Å². The van der Waals surface area contributed by atoms with Crippen LogP contribution in [0.1, 0.15) is 39.7 Å². The fourth-order valence-electron chi connectivity index (χ4n) is 3.12. The van der Waals surface area contributed by atoms with E-state index in [4.69, 9.17) is 0 Å². The smallest absolute Gasteiger partial charge is 0.319 e. The molecule has 9 heteroatoms. The maximum absolute atomic E-state index is 12.6. The molecule has 0 radical (unpaired) electrons. The lowest BCUT2D eigenvalue weighted by Gasteiger charge is -2.31. The predicted molar refractivity (Wildman–Crippen MR) is 109 cm³/mol. The average Bonchev–Trinajstić information content (AvgIpc) is 3.17. The minimum absolute atomic E-state index is 0.0564. The van der Waals surface area contributed by atoms with Gasteiger partial charge in [0.25, 0.3) is 0 Å². The summed E-state index contributed by atoms with van der Waals surface area (Å²) in [5, 5.41) is 18.0. The Morgan fingerprint density at radius 3 is 2.62 bits per heavy atom. The average molecular weight is 394 g/mol. The zero-order valence-electron chi connectivity index (χ0n) is 16.9. The third-order valence-electron chi connectivity index (χ3n) is 5.09. The Balaban J connectivity index is 1.40. The second-order valence-electron chi connectivity index (χ2n) is 8.53. The summed E-state index contributed by atoms with van der Waals surface area (Å²) in [6, 6.07) is 7.69. The van der Waals surface area contributed by atoms with Crippen LogP contribution < -0.4 is 10.6 Å². The summed E-state index contributed by atoms with van der Waals surface area (Å²) < 4.78 is 3.84. The van der Waals surface area contributed by atoms with Crippen molar-refractivity contribution in [3.05, 3.63) is 43.0 Å². The largest absolute Gasteiger partial charge is 0.335 e. The van der Waals surface area contributed by atoms with E-state index in [0.29, 0.717) is 18.3 Å². The van der Waals surface area contributed by atoms with Gasteiger partial charge in [0.1, 0.15) is 0 Å². The molecule has 0 saturated heterocycles. The van der Waals surface area contributed by atoms with Gasteiger partial charge in [-0.3, -0.25) is 0 Å². The van der Waals surface area contributed by atoms with Gasteiger partial charge in [0.15, 0.2) is 5.82 Å². The Hall–Kier alpha value is -3.23. The van der Waals surface area contributed by atoms with Gasteiger partial charge < -0.3 is 15.2 Å². The van der Waals surface area contributed by atoms with Crippen molar-refractivity contribution in [2.24, 2.45) is 5.41 Å². The molecule has 0 bridgehead atoms. The van der Waals surface area contributed by atoms with Crippen LogP contribution in [-0.2, 0) is 6.54 Å². The highest BCUT2D eigenvalue weighted by Crippen LogP contribution is 2.36. The molecule has 2 heterocycles. The number of amides is 2. The van der Waals surface area contributed by atoms with Crippen molar-refractivity contribution in [3.8, 4) is 11.4 Å². The summed E-state index contributed by atoms with van der Waals surface area (Å²) in [6.07, 6.45) is 7.62. The molecule has 0 spiro atoms. The van der Waals surface area contributed by atoms with Crippen LogP contribution in [0.3, 0.4) is 0 Å². The van der Waals surface area contributed by atoms with Crippen molar-refractivity contribution in [2.75, 3.05) is 5.32 Å². The molecular formula is C20H26N8O. The highest BCUT2D eigenvalue weighted by atomic mass is 16.2. The monoisotopic (exact) mass is 394 g/mol. The van der Waals surface area contributed by atoms with Gasteiger partial charge in [-0.05, 0) is 52.9 Å². The lowest BCUT2D eigenvalue weighted by Crippen LogP contribution is -2.47. The first kappa shape index (κ1) is 19.1.